The summed E-state index contributed by atoms with van der Waals surface area (Å²) >= 11 is 0. The fourth-order valence-corrected chi connectivity index (χ4v) is 5.79. The van der Waals surface area contributed by atoms with Crippen molar-refractivity contribution in [1.82, 2.24) is 0 Å². The third kappa shape index (κ3) is 8.90. The largest absolute Gasteiger partial charge is 0.456 e. The molecule has 0 spiro atoms. The number of aliphatic hydroxyl groups is 4. The fraction of sp³-hybridized carbons (Fsp3) is 0.714. The van der Waals surface area contributed by atoms with Crippen LogP contribution in [-0.2, 0) is 38.1 Å². The highest BCUT2D eigenvalue weighted by Gasteiger charge is 2.58. The zero-order valence-electron chi connectivity index (χ0n) is 29.4. The first kappa shape index (κ1) is 40.1. The van der Waals surface area contributed by atoms with Crippen molar-refractivity contribution >= 4 is 23.9 Å². The molecule has 0 aromatic rings. The lowest BCUT2D eigenvalue weighted by molar-refractivity contribution is -0.241. The van der Waals surface area contributed by atoms with E-state index in [0.717, 1.165) is 0 Å². The van der Waals surface area contributed by atoms with Gasteiger partial charge in [-0.2, -0.15) is 0 Å². The molecule has 1 saturated carbocycles. The van der Waals surface area contributed by atoms with Crippen molar-refractivity contribution in [2.75, 3.05) is 0 Å². The smallest absolute Gasteiger partial charge is 0.350 e. The Bertz CT molecular complexity index is 1260. The van der Waals surface area contributed by atoms with Gasteiger partial charge < -0.3 is 39.4 Å². The number of allylic oxidation sites excluding steroid dienone is 2. The second-order valence-corrected chi connectivity index (χ2v) is 13.9. The van der Waals surface area contributed by atoms with Crippen LogP contribution in [0.25, 0.3) is 0 Å². The molecule has 1 aliphatic heterocycles. The van der Waals surface area contributed by atoms with Crippen molar-refractivity contribution in [2.24, 2.45) is 17.8 Å². The van der Waals surface area contributed by atoms with Crippen molar-refractivity contribution in [2.45, 2.75) is 142 Å². The molecule has 12 heteroatoms. The van der Waals surface area contributed by atoms with E-state index in [-0.39, 0.29) is 29.9 Å². The molecule has 12 nitrogen and oxygen atoms in total. The molecule has 47 heavy (non-hydrogen) atoms. The summed E-state index contributed by atoms with van der Waals surface area (Å²) < 4.78 is 22.5. The van der Waals surface area contributed by atoms with Crippen LogP contribution in [0.3, 0.4) is 0 Å². The summed E-state index contributed by atoms with van der Waals surface area (Å²) in [7, 11) is 0. The molecular formula is C35H54O12. The number of cyclic esters (lactones) is 1. The highest BCUT2D eigenvalue weighted by molar-refractivity contribution is 5.88. The molecule has 10 atom stereocenters. The minimum Gasteiger partial charge on any atom is -0.456 e. The Morgan fingerprint density at radius 3 is 2.15 bits per heavy atom. The Morgan fingerprint density at radius 1 is 1.09 bits per heavy atom. The first-order valence-corrected chi connectivity index (χ1v) is 16.2. The molecular weight excluding hydrogens is 612 g/mol. The molecule has 2 fully saturated rings. The summed E-state index contributed by atoms with van der Waals surface area (Å²) in [5, 5.41) is 45.3. The van der Waals surface area contributed by atoms with Crippen molar-refractivity contribution in [3.05, 3.63) is 35.5 Å². The van der Waals surface area contributed by atoms with E-state index < -0.39 is 83.0 Å². The quantitative estimate of drug-likeness (QED) is 0.103. The Labute approximate surface area is 277 Å². The molecule has 0 amide bonds. The first-order valence-electron chi connectivity index (χ1n) is 16.2. The summed E-state index contributed by atoms with van der Waals surface area (Å²) in [5.41, 5.74) is -4.92. The maximum absolute atomic E-state index is 13.7. The van der Waals surface area contributed by atoms with E-state index in [1.165, 1.54) is 40.7 Å². The molecule has 266 valence electrons. The number of rotatable bonds is 12. The van der Waals surface area contributed by atoms with Crippen LogP contribution in [0.1, 0.15) is 94.9 Å². The van der Waals surface area contributed by atoms with Gasteiger partial charge in [-0.3, -0.25) is 4.79 Å². The molecule has 0 aromatic carbocycles. The summed E-state index contributed by atoms with van der Waals surface area (Å²) in [4.78, 5) is 51.7. The topological polar surface area (TPSA) is 186 Å². The highest BCUT2D eigenvalue weighted by Crippen LogP contribution is 2.43. The van der Waals surface area contributed by atoms with Gasteiger partial charge in [0.2, 0.25) is 5.60 Å². The van der Waals surface area contributed by atoms with E-state index in [9.17, 15) is 39.6 Å². The van der Waals surface area contributed by atoms with Gasteiger partial charge in [0, 0.05) is 29.4 Å². The molecule has 1 aliphatic carbocycles. The zero-order chi connectivity index (χ0) is 36.2. The van der Waals surface area contributed by atoms with E-state index in [4.69, 9.17) is 18.9 Å². The van der Waals surface area contributed by atoms with Gasteiger partial charge in [0.1, 0.15) is 23.9 Å². The molecule has 1 saturated heterocycles. The molecule has 10 unspecified atom stereocenters. The predicted octanol–water partition coefficient (Wildman–Crippen LogP) is 3.23. The van der Waals surface area contributed by atoms with E-state index >= 15 is 0 Å². The van der Waals surface area contributed by atoms with E-state index in [1.807, 2.05) is 6.92 Å². The van der Waals surface area contributed by atoms with Crippen LogP contribution in [0, 0.1) is 17.8 Å². The lowest BCUT2D eigenvalue weighted by atomic mass is 9.69. The van der Waals surface area contributed by atoms with Gasteiger partial charge in [0.05, 0.1) is 17.6 Å². The van der Waals surface area contributed by atoms with Gasteiger partial charge in [-0.25, -0.2) is 14.4 Å². The number of hydrogen-bond acceptors (Lipinski definition) is 12. The fourth-order valence-electron chi connectivity index (χ4n) is 5.79. The maximum Gasteiger partial charge on any atom is 0.350 e. The molecule has 2 rings (SSSR count). The van der Waals surface area contributed by atoms with E-state index in [0.29, 0.717) is 18.4 Å². The first-order chi connectivity index (χ1) is 21.6. The average Bonchev–Trinajstić information content (AvgIpc) is 2.99. The maximum atomic E-state index is 13.7. The number of carbonyl (C=O) groups is 4. The summed E-state index contributed by atoms with van der Waals surface area (Å²) in [6, 6.07) is 0. The lowest BCUT2D eigenvalue weighted by Gasteiger charge is -2.49. The monoisotopic (exact) mass is 666 g/mol. The van der Waals surface area contributed by atoms with Crippen molar-refractivity contribution < 1.29 is 58.6 Å². The number of hydrogen-bond donors (Lipinski definition) is 4. The SMILES string of the molecule is C=C(C(O)CC(OC(=O)C(C)=CC)C(C)(C)O)C1CC(OC(=O)C2(C)OC(=O)C(CC)CC2C)C(C)(O)C(OC(=O)C(C)=CC)C1O. The molecule has 0 bridgehead atoms. The number of aliphatic hydroxyl groups excluding tert-OH is 2. The molecule has 4 N–H and O–H groups in total. The number of ether oxygens (including phenoxy) is 4. The predicted molar refractivity (Wildman–Crippen MR) is 171 cm³/mol. The van der Waals surface area contributed by atoms with Crippen molar-refractivity contribution in [3.63, 3.8) is 0 Å². The third-order valence-corrected chi connectivity index (χ3v) is 9.91. The van der Waals surface area contributed by atoms with Crippen LogP contribution in [0.15, 0.2) is 35.5 Å². The average molecular weight is 667 g/mol. The zero-order valence-corrected chi connectivity index (χ0v) is 29.4. The Morgan fingerprint density at radius 2 is 1.64 bits per heavy atom. The second-order valence-electron chi connectivity index (χ2n) is 13.9. The Balaban J connectivity index is 2.47. The molecule has 0 aromatic heterocycles. The van der Waals surface area contributed by atoms with Crippen molar-refractivity contribution in [1.29, 1.82) is 0 Å². The normalized spacial score (nSPS) is 33.3. The highest BCUT2D eigenvalue weighted by atomic mass is 16.6. The van der Waals surface area contributed by atoms with Crippen LogP contribution in [0.5, 0.6) is 0 Å². The third-order valence-electron chi connectivity index (χ3n) is 9.91. The molecule has 1 heterocycles. The van der Waals surface area contributed by atoms with Gasteiger partial charge in [-0.1, -0.05) is 32.6 Å². The van der Waals surface area contributed by atoms with Crippen LogP contribution in [0.4, 0.5) is 0 Å². The standard InChI is InChI=1S/C35H54O12/c1-12-18(4)29(38)44-25(33(8,9)42)17-24(36)21(7)23-16-26(34(10,43)28(27(23)37)46-30(39)19(5)13-2)45-32(41)35(11)20(6)15-22(14-3)31(40)47-35/h12-13,20,22-28,36-37,42-43H,7,14-17H2,1-6,8-11H3. The number of carbonyl (C=O) groups excluding carboxylic acids is 4. The summed E-state index contributed by atoms with van der Waals surface area (Å²) in [6.07, 6.45) is -4.02. The molecule has 2 aliphatic rings. The van der Waals surface area contributed by atoms with Gasteiger partial charge in [0.15, 0.2) is 6.10 Å². The minimum atomic E-state index is -2.14. The Kier molecular flexibility index (Phi) is 13.2. The van der Waals surface area contributed by atoms with Crippen LogP contribution in [0.2, 0.25) is 0 Å². The minimum absolute atomic E-state index is 0.000342. The lowest BCUT2D eigenvalue weighted by Crippen LogP contribution is -2.65. The van der Waals surface area contributed by atoms with Gasteiger partial charge in [0.25, 0.3) is 0 Å². The van der Waals surface area contributed by atoms with E-state index in [2.05, 4.69) is 6.58 Å². The Hall–Kier alpha value is -3.06. The summed E-state index contributed by atoms with van der Waals surface area (Å²) in [6.45, 7) is 19.4. The second kappa shape index (κ2) is 15.4. The van der Waals surface area contributed by atoms with Gasteiger partial charge >= 0.3 is 23.9 Å². The van der Waals surface area contributed by atoms with Gasteiger partial charge in [-0.15, -0.1) is 0 Å². The van der Waals surface area contributed by atoms with Crippen LogP contribution in [-0.4, -0.2) is 91.6 Å². The van der Waals surface area contributed by atoms with Crippen LogP contribution >= 0.6 is 0 Å². The van der Waals surface area contributed by atoms with E-state index in [1.54, 1.807) is 33.8 Å². The summed E-state index contributed by atoms with van der Waals surface area (Å²) in [5.74, 6) is -4.92. The number of esters is 4. The van der Waals surface area contributed by atoms with Crippen molar-refractivity contribution in [3.8, 4) is 0 Å². The van der Waals surface area contributed by atoms with Crippen LogP contribution < -0.4 is 0 Å². The molecule has 0 radical (unpaired) electrons. The van der Waals surface area contributed by atoms with Gasteiger partial charge in [-0.05, 0) is 80.2 Å².